The average molecular weight is 549 g/mol. The Morgan fingerprint density at radius 1 is 0.975 bits per heavy atom. The van der Waals surface area contributed by atoms with Gasteiger partial charge in [0.25, 0.3) is 5.91 Å². The van der Waals surface area contributed by atoms with Crippen molar-refractivity contribution in [1.82, 2.24) is 21.1 Å². The fraction of sp³-hybridized carbons (Fsp3) is 0.484. The SMILES string of the molecule is CC(C)[C@@H]1NC(=O)C(C)(C)C=Cc2ccc3ccc(cc3c2)[C@@H](C)OC(=O)[C@@H]2CCCN(N2)C(=O)[C@H](C)NC1=O. The molecule has 0 unspecified atom stereocenters. The number of esters is 1. The van der Waals surface area contributed by atoms with Gasteiger partial charge < -0.3 is 15.4 Å². The summed E-state index contributed by atoms with van der Waals surface area (Å²) < 4.78 is 5.81. The maximum absolute atomic E-state index is 13.3. The Kier molecular flexibility index (Phi) is 8.63. The van der Waals surface area contributed by atoms with Crippen LogP contribution in [0.25, 0.3) is 16.8 Å². The lowest BCUT2D eigenvalue weighted by atomic mass is 9.89. The van der Waals surface area contributed by atoms with Crippen LogP contribution in [0.15, 0.2) is 42.5 Å². The summed E-state index contributed by atoms with van der Waals surface area (Å²) >= 11 is 0. The summed E-state index contributed by atoms with van der Waals surface area (Å²) in [5.74, 6) is -1.76. The molecule has 0 aliphatic carbocycles. The molecule has 4 atom stereocenters. The zero-order chi connectivity index (χ0) is 29.2. The zero-order valence-electron chi connectivity index (χ0n) is 24.1. The number of hydrazine groups is 1. The number of amides is 3. The molecule has 9 nitrogen and oxygen atoms in total. The molecule has 2 aliphatic rings. The molecule has 4 rings (SSSR count). The van der Waals surface area contributed by atoms with E-state index >= 15 is 0 Å². The highest BCUT2D eigenvalue weighted by Gasteiger charge is 2.35. The molecule has 1 fully saturated rings. The number of ether oxygens (including phenoxy) is 1. The van der Waals surface area contributed by atoms with E-state index in [0.29, 0.717) is 19.4 Å². The fourth-order valence-corrected chi connectivity index (χ4v) is 4.92. The summed E-state index contributed by atoms with van der Waals surface area (Å²) in [6.45, 7) is 11.1. The number of carbonyl (C=O) groups is 4. The van der Waals surface area contributed by atoms with Gasteiger partial charge in [0, 0.05) is 6.54 Å². The summed E-state index contributed by atoms with van der Waals surface area (Å²) in [6.07, 6.45) is 4.36. The molecule has 5 bridgehead atoms. The number of nitrogens with zero attached hydrogens (tertiary/aromatic N) is 1. The van der Waals surface area contributed by atoms with Gasteiger partial charge in [-0.2, -0.15) is 0 Å². The highest BCUT2D eigenvalue weighted by molar-refractivity contribution is 5.94. The molecule has 3 amide bonds. The van der Waals surface area contributed by atoms with Gasteiger partial charge in [0.2, 0.25) is 11.8 Å². The number of hydrogen-bond acceptors (Lipinski definition) is 6. The molecule has 2 aliphatic heterocycles. The van der Waals surface area contributed by atoms with E-state index in [9.17, 15) is 19.2 Å². The first-order valence-corrected chi connectivity index (χ1v) is 14.0. The molecule has 0 spiro atoms. The summed E-state index contributed by atoms with van der Waals surface area (Å²) in [7, 11) is 0. The number of cyclic esters (lactones) is 1. The second-order valence-electron chi connectivity index (χ2n) is 11.7. The Morgan fingerprint density at radius 2 is 1.70 bits per heavy atom. The number of fused-ring (bicyclic) bond motifs is 4. The molecular weight excluding hydrogens is 508 g/mol. The van der Waals surface area contributed by atoms with E-state index in [4.69, 9.17) is 4.74 Å². The third-order valence-electron chi connectivity index (χ3n) is 7.63. The van der Waals surface area contributed by atoms with Crippen LogP contribution in [0.5, 0.6) is 0 Å². The molecule has 2 aromatic rings. The summed E-state index contributed by atoms with van der Waals surface area (Å²) in [5.41, 5.74) is 3.86. The maximum Gasteiger partial charge on any atom is 0.325 e. The Morgan fingerprint density at radius 3 is 2.42 bits per heavy atom. The first-order valence-electron chi connectivity index (χ1n) is 14.0. The third kappa shape index (κ3) is 6.53. The topological polar surface area (TPSA) is 117 Å². The van der Waals surface area contributed by atoms with Gasteiger partial charge in [-0.05, 0) is 80.5 Å². The van der Waals surface area contributed by atoms with Crippen LogP contribution in [0.1, 0.15) is 71.6 Å². The highest BCUT2D eigenvalue weighted by atomic mass is 16.5. The minimum atomic E-state index is -0.903. The largest absolute Gasteiger partial charge is 0.457 e. The van der Waals surface area contributed by atoms with E-state index < -0.39 is 41.5 Å². The van der Waals surface area contributed by atoms with E-state index in [-0.39, 0.29) is 17.7 Å². The molecule has 1 saturated heterocycles. The quantitative estimate of drug-likeness (QED) is 0.469. The van der Waals surface area contributed by atoms with E-state index in [2.05, 4.69) is 16.1 Å². The van der Waals surface area contributed by atoms with Crippen LogP contribution in [0.2, 0.25) is 0 Å². The van der Waals surface area contributed by atoms with Gasteiger partial charge in [0.1, 0.15) is 24.2 Å². The minimum Gasteiger partial charge on any atom is -0.457 e. The lowest BCUT2D eigenvalue weighted by Crippen LogP contribution is -2.61. The molecule has 2 aromatic carbocycles. The van der Waals surface area contributed by atoms with Crippen LogP contribution >= 0.6 is 0 Å². The standard InChI is InChI=1S/C31H40N4O5/c1-18(2)26-27(36)32-19(3)28(37)35-15-7-8-25(34-35)29(38)40-20(4)23-12-11-22-10-9-21(16-24(22)17-23)13-14-31(5,6)30(39)33-26/h9-14,16-20,25-26,34H,7-8,15H2,1-6H3,(H,32,36)(H,33,39)/t19-,20+,25-,26-/m0/s1. The second kappa shape index (κ2) is 11.8. The van der Waals surface area contributed by atoms with Gasteiger partial charge in [-0.1, -0.05) is 50.3 Å². The van der Waals surface area contributed by atoms with Crippen LogP contribution in [-0.2, 0) is 23.9 Å². The average Bonchev–Trinajstić information content (AvgIpc) is 2.92. The van der Waals surface area contributed by atoms with Crippen LogP contribution in [0.3, 0.4) is 0 Å². The Labute approximate surface area is 235 Å². The van der Waals surface area contributed by atoms with E-state index in [1.54, 1.807) is 20.8 Å². The van der Waals surface area contributed by atoms with Crippen molar-refractivity contribution in [3.05, 3.63) is 53.6 Å². The second-order valence-corrected chi connectivity index (χ2v) is 11.7. The number of nitrogens with one attached hydrogen (secondary N) is 3. The van der Waals surface area contributed by atoms with Crippen molar-refractivity contribution < 1.29 is 23.9 Å². The number of hydrogen-bond donors (Lipinski definition) is 3. The van der Waals surface area contributed by atoms with Crippen molar-refractivity contribution >= 4 is 40.5 Å². The zero-order valence-corrected chi connectivity index (χ0v) is 24.1. The van der Waals surface area contributed by atoms with E-state index in [1.807, 2.05) is 69.3 Å². The van der Waals surface area contributed by atoms with Crippen LogP contribution in [0.4, 0.5) is 0 Å². The van der Waals surface area contributed by atoms with Gasteiger partial charge in [-0.25, -0.2) is 5.43 Å². The normalized spacial score (nSPS) is 26.4. The van der Waals surface area contributed by atoms with Crippen LogP contribution < -0.4 is 16.1 Å². The number of benzene rings is 2. The molecule has 3 N–H and O–H groups in total. The Bertz CT molecular complexity index is 1330. The molecule has 0 saturated carbocycles. The van der Waals surface area contributed by atoms with Gasteiger partial charge >= 0.3 is 5.97 Å². The van der Waals surface area contributed by atoms with Crippen molar-refractivity contribution in [2.75, 3.05) is 6.54 Å². The third-order valence-corrected chi connectivity index (χ3v) is 7.63. The van der Waals surface area contributed by atoms with Gasteiger partial charge in [-0.3, -0.25) is 24.2 Å². The first kappa shape index (κ1) is 29.3. The van der Waals surface area contributed by atoms with Crippen LogP contribution in [-0.4, -0.2) is 53.4 Å². The van der Waals surface area contributed by atoms with Crippen molar-refractivity contribution in [3.63, 3.8) is 0 Å². The maximum atomic E-state index is 13.3. The van der Waals surface area contributed by atoms with E-state index in [0.717, 1.165) is 21.9 Å². The van der Waals surface area contributed by atoms with Crippen LogP contribution in [0, 0.1) is 11.3 Å². The lowest BCUT2D eigenvalue weighted by Gasteiger charge is -2.35. The summed E-state index contributed by atoms with van der Waals surface area (Å²) in [6, 6.07) is 9.57. The molecule has 0 aromatic heterocycles. The van der Waals surface area contributed by atoms with E-state index in [1.165, 1.54) is 5.01 Å². The smallest absolute Gasteiger partial charge is 0.325 e. The summed E-state index contributed by atoms with van der Waals surface area (Å²) in [5, 5.41) is 9.03. The molecule has 2 heterocycles. The molecule has 9 heteroatoms. The van der Waals surface area contributed by atoms with Gasteiger partial charge in [-0.15, -0.1) is 0 Å². The van der Waals surface area contributed by atoms with Gasteiger partial charge in [0.15, 0.2) is 0 Å². The minimum absolute atomic E-state index is 0.212. The fourth-order valence-electron chi connectivity index (χ4n) is 4.92. The molecule has 0 radical (unpaired) electrons. The molecular formula is C31H40N4O5. The predicted molar refractivity (Wildman–Crippen MR) is 154 cm³/mol. The molecule has 214 valence electrons. The number of rotatable bonds is 1. The number of carbonyl (C=O) groups excluding carboxylic acids is 4. The monoisotopic (exact) mass is 548 g/mol. The first-order chi connectivity index (χ1) is 18.9. The van der Waals surface area contributed by atoms with Crippen molar-refractivity contribution in [3.8, 4) is 0 Å². The van der Waals surface area contributed by atoms with Crippen molar-refractivity contribution in [2.45, 2.75) is 78.6 Å². The summed E-state index contributed by atoms with van der Waals surface area (Å²) in [4.78, 5) is 52.8. The van der Waals surface area contributed by atoms with Gasteiger partial charge in [0.05, 0.1) is 5.41 Å². The molecule has 40 heavy (non-hydrogen) atoms. The Balaban J connectivity index is 1.70. The Hall–Kier alpha value is -3.72. The van der Waals surface area contributed by atoms with Crippen molar-refractivity contribution in [2.24, 2.45) is 11.3 Å². The highest BCUT2D eigenvalue weighted by Crippen LogP contribution is 2.26. The predicted octanol–water partition coefficient (Wildman–Crippen LogP) is 3.64. The van der Waals surface area contributed by atoms with Crippen molar-refractivity contribution in [1.29, 1.82) is 0 Å². The lowest BCUT2D eigenvalue weighted by molar-refractivity contribution is -0.157.